The fourth-order valence-electron chi connectivity index (χ4n) is 2.95. The van der Waals surface area contributed by atoms with Crippen LogP contribution in [0.15, 0.2) is 18.2 Å². The highest BCUT2D eigenvalue weighted by Gasteiger charge is 2.61. The third-order valence-electron chi connectivity index (χ3n) is 4.32. The summed E-state index contributed by atoms with van der Waals surface area (Å²) in [5, 5.41) is 1.19. The standard InChI is InChI=1S/C15H21Cl2NO/c1-9(2)19-8-12-11(7-18)15(12,3)10-4-5-13(16)14(17)6-10/h4-6,9,11-12H,7-8,18H2,1-3H3/t11-,12-,15+/m1/s1. The molecule has 0 spiro atoms. The van der Waals surface area contributed by atoms with Crippen molar-refractivity contribution in [2.24, 2.45) is 17.6 Å². The normalized spacial score (nSPS) is 29.8. The second-order valence-electron chi connectivity index (χ2n) is 5.74. The minimum absolute atomic E-state index is 0.0534. The Morgan fingerprint density at radius 2 is 1.95 bits per heavy atom. The fraction of sp³-hybridized carbons (Fsp3) is 0.600. The predicted octanol–water partition coefficient (Wildman–Crippen LogP) is 3.88. The SMILES string of the molecule is CC(C)OC[C@@H]1[C@@H](CN)[C@]1(C)c1ccc(Cl)c(Cl)c1. The maximum atomic E-state index is 6.12. The summed E-state index contributed by atoms with van der Waals surface area (Å²) in [6.07, 6.45) is 0.247. The van der Waals surface area contributed by atoms with Crippen LogP contribution in [0.5, 0.6) is 0 Å². The van der Waals surface area contributed by atoms with Crippen molar-refractivity contribution in [3.8, 4) is 0 Å². The summed E-state index contributed by atoms with van der Waals surface area (Å²) in [6.45, 7) is 7.75. The molecule has 0 saturated heterocycles. The largest absolute Gasteiger partial charge is 0.378 e. The molecule has 0 heterocycles. The van der Waals surface area contributed by atoms with Gasteiger partial charge in [0.1, 0.15) is 0 Å². The van der Waals surface area contributed by atoms with Gasteiger partial charge >= 0.3 is 0 Å². The molecule has 1 aliphatic carbocycles. The van der Waals surface area contributed by atoms with Crippen molar-refractivity contribution in [1.82, 2.24) is 0 Å². The lowest BCUT2D eigenvalue weighted by Gasteiger charge is -2.14. The van der Waals surface area contributed by atoms with E-state index in [-0.39, 0.29) is 11.5 Å². The van der Waals surface area contributed by atoms with E-state index < -0.39 is 0 Å². The summed E-state index contributed by atoms with van der Waals surface area (Å²) in [4.78, 5) is 0. The van der Waals surface area contributed by atoms with Crippen LogP contribution in [0, 0.1) is 11.8 Å². The minimum Gasteiger partial charge on any atom is -0.378 e. The molecule has 1 fully saturated rings. The zero-order chi connectivity index (χ0) is 14.2. The van der Waals surface area contributed by atoms with Crippen molar-refractivity contribution >= 4 is 23.2 Å². The highest BCUT2D eigenvalue weighted by atomic mass is 35.5. The van der Waals surface area contributed by atoms with Gasteiger partial charge in [-0.25, -0.2) is 0 Å². The summed E-state index contributed by atoms with van der Waals surface area (Å²) in [5.74, 6) is 0.903. The maximum Gasteiger partial charge on any atom is 0.0595 e. The Morgan fingerprint density at radius 1 is 1.26 bits per heavy atom. The lowest BCUT2D eigenvalue weighted by atomic mass is 9.94. The molecule has 0 aromatic heterocycles. The van der Waals surface area contributed by atoms with Crippen LogP contribution in [-0.4, -0.2) is 19.3 Å². The number of rotatable bonds is 5. The molecular formula is C15H21Cl2NO. The van der Waals surface area contributed by atoms with Crippen molar-refractivity contribution in [3.05, 3.63) is 33.8 Å². The van der Waals surface area contributed by atoms with E-state index >= 15 is 0 Å². The molecule has 3 atom stereocenters. The first-order valence-electron chi connectivity index (χ1n) is 6.68. The Labute approximate surface area is 125 Å². The van der Waals surface area contributed by atoms with Crippen molar-refractivity contribution in [2.75, 3.05) is 13.2 Å². The van der Waals surface area contributed by atoms with E-state index in [0.717, 1.165) is 6.61 Å². The van der Waals surface area contributed by atoms with E-state index in [1.54, 1.807) is 0 Å². The Balaban J connectivity index is 2.19. The predicted molar refractivity (Wildman–Crippen MR) is 80.9 cm³/mol. The molecule has 0 radical (unpaired) electrons. The molecule has 2 N–H and O–H groups in total. The first-order valence-corrected chi connectivity index (χ1v) is 7.44. The van der Waals surface area contributed by atoms with Crippen LogP contribution < -0.4 is 5.73 Å². The van der Waals surface area contributed by atoms with Crippen LogP contribution >= 0.6 is 23.2 Å². The summed E-state index contributed by atoms with van der Waals surface area (Å²) < 4.78 is 5.75. The van der Waals surface area contributed by atoms with Gasteiger partial charge in [-0.2, -0.15) is 0 Å². The smallest absolute Gasteiger partial charge is 0.0595 e. The second kappa shape index (κ2) is 5.61. The van der Waals surface area contributed by atoms with Gasteiger partial charge < -0.3 is 10.5 Å². The molecule has 2 nitrogen and oxygen atoms in total. The van der Waals surface area contributed by atoms with E-state index in [0.29, 0.717) is 28.4 Å². The molecule has 0 amide bonds. The number of nitrogens with two attached hydrogens (primary N) is 1. The van der Waals surface area contributed by atoms with Crippen molar-refractivity contribution < 1.29 is 4.74 Å². The van der Waals surface area contributed by atoms with Gasteiger partial charge in [0.15, 0.2) is 0 Å². The van der Waals surface area contributed by atoms with Gasteiger partial charge in [-0.05, 0) is 49.9 Å². The molecule has 1 aromatic carbocycles. The lowest BCUT2D eigenvalue weighted by Crippen LogP contribution is -2.12. The number of hydrogen-bond donors (Lipinski definition) is 1. The first-order chi connectivity index (χ1) is 8.91. The average molecular weight is 302 g/mol. The molecule has 19 heavy (non-hydrogen) atoms. The summed E-state index contributed by atoms with van der Waals surface area (Å²) in [5.41, 5.74) is 7.15. The van der Waals surface area contributed by atoms with E-state index in [9.17, 15) is 0 Å². The fourth-order valence-corrected chi connectivity index (χ4v) is 3.25. The summed E-state index contributed by atoms with van der Waals surface area (Å²) in [6, 6.07) is 5.87. The Bertz CT molecular complexity index is 463. The molecule has 0 unspecified atom stereocenters. The van der Waals surface area contributed by atoms with E-state index in [1.165, 1.54) is 5.56 Å². The van der Waals surface area contributed by atoms with Crippen LogP contribution in [0.3, 0.4) is 0 Å². The van der Waals surface area contributed by atoms with E-state index in [1.807, 2.05) is 18.2 Å². The topological polar surface area (TPSA) is 35.2 Å². The molecule has 106 valence electrons. The minimum atomic E-state index is 0.0534. The zero-order valence-corrected chi connectivity index (χ0v) is 13.1. The summed E-state index contributed by atoms with van der Waals surface area (Å²) in [7, 11) is 0. The molecule has 0 aliphatic heterocycles. The molecule has 1 saturated carbocycles. The quantitative estimate of drug-likeness (QED) is 0.896. The van der Waals surface area contributed by atoms with Gasteiger partial charge in [-0.15, -0.1) is 0 Å². The molecule has 0 bridgehead atoms. The van der Waals surface area contributed by atoms with Crippen LogP contribution in [0.4, 0.5) is 0 Å². The third-order valence-corrected chi connectivity index (χ3v) is 5.06. The van der Waals surface area contributed by atoms with Crippen molar-refractivity contribution in [3.63, 3.8) is 0 Å². The van der Waals surface area contributed by atoms with E-state index in [4.69, 9.17) is 33.7 Å². The average Bonchev–Trinajstić information content (AvgIpc) is 2.95. The lowest BCUT2D eigenvalue weighted by molar-refractivity contribution is 0.0653. The van der Waals surface area contributed by atoms with Gasteiger partial charge in [0.2, 0.25) is 0 Å². The van der Waals surface area contributed by atoms with Gasteiger partial charge in [-0.1, -0.05) is 36.2 Å². The molecule has 1 aromatic rings. The van der Waals surface area contributed by atoms with Gasteiger partial charge in [-0.3, -0.25) is 0 Å². The Morgan fingerprint density at radius 3 is 2.47 bits per heavy atom. The van der Waals surface area contributed by atoms with Crippen LogP contribution in [0.25, 0.3) is 0 Å². The van der Waals surface area contributed by atoms with Gasteiger partial charge in [0, 0.05) is 5.41 Å². The van der Waals surface area contributed by atoms with Gasteiger partial charge in [0.05, 0.1) is 22.8 Å². The number of benzene rings is 1. The third kappa shape index (κ3) is 2.78. The van der Waals surface area contributed by atoms with Crippen molar-refractivity contribution in [2.45, 2.75) is 32.3 Å². The second-order valence-corrected chi connectivity index (χ2v) is 6.56. The van der Waals surface area contributed by atoms with Crippen LogP contribution in [-0.2, 0) is 10.2 Å². The number of halogens is 2. The highest BCUT2D eigenvalue weighted by Crippen LogP contribution is 2.59. The first kappa shape index (κ1) is 15.1. The Kier molecular flexibility index (Phi) is 4.46. The molecule has 2 rings (SSSR count). The molecular weight excluding hydrogens is 281 g/mol. The number of hydrogen-bond acceptors (Lipinski definition) is 2. The summed E-state index contributed by atoms with van der Waals surface area (Å²) >= 11 is 12.1. The monoisotopic (exact) mass is 301 g/mol. The number of ether oxygens (including phenoxy) is 1. The highest BCUT2D eigenvalue weighted by molar-refractivity contribution is 6.42. The zero-order valence-electron chi connectivity index (χ0n) is 11.6. The van der Waals surface area contributed by atoms with Crippen LogP contribution in [0.1, 0.15) is 26.3 Å². The van der Waals surface area contributed by atoms with E-state index in [2.05, 4.69) is 20.8 Å². The van der Waals surface area contributed by atoms with Crippen molar-refractivity contribution in [1.29, 1.82) is 0 Å². The Hall–Kier alpha value is -0.280. The van der Waals surface area contributed by atoms with Gasteiger partial charge in [0.25, 0.3) is 0 Å². The molecule has 4 heteroatoms. The molecule has 1 aliphatic rings. The maximum absolute atomic E-state index is 6.12. The van der Waals surface area contributed by atoms with Crippen LogP contribution in [0.2, 0.25) is 10.0 Å².